The number of nitriles is 1. The van der Waals surface area contributed by atoms with Crippen LogP contribution >= 0.6 is 11.8 Å². The van der Waals surface area contributed by atoms with E-state index in [2.05, 4.69) is 32.1 Å². The summed E-state index contributed by atoms with van der Waals surface area (Å²) in [6.07, 6.45) is 5.29. The van der Waals surface area contributed by atoms with Gasteiger partial charge in [-0.1, -0.05) is 16.9 Å². The molecular formula is C30H32F4N8O3S. The molecule has 1 unspecified atom stereocenters. The molecule has 7 rings (SSSR count). The highest BCUT2D eigenvalue weighted by Gasteiger charge is 2.52. The highest BCUT2D eigenvalue weighted by atomic mass is 32.2. The molecule has 0 aliphatic heterocycles. The van der Waals surface area contributed by atoms with Gasteiger partial charge < -0.3 is 10.6 Å². The van der Waals surface area contributed by atoms with Crippen LogP contribution in [0.15, 0.2) is 28.0 Å². The summed E-state index contributed by atoms with van der Waals surface area (Å²) in [5, 5.41) is 27.3. The summed E-state index contributed by atoms with van der Waals surface area (Å²) in [5.41, 5.74) is 0.665. The van der Waals surface area contributed by atoms with Crippen LogP contribution in [-0.4, -0.2) is 53.9 Å². The molecule has 0 saturated heterocycles. The minimum absolute atomic E-state index is 0.0260. The minimum atomic E-state index is -2.76. The predicted molar refractivity (Wildman–Crippen MR) is 154 cm³/mol. The van der Waals surface area contributed by atoms with Crippen molar-refractivity contribution in [2.24, 2.45) is 17.3 Å². The van der Waals surface area contributed by atoms with Gasteiger partial charge in [0, 0.05) is 42.9 Å². The van der Waals surface area contributed by atoms with Crippen LogP contribution in [0.4, 0.5) is 17.6 Å². The smallest absolute Gasteiger partial charge is 0.276 e. The maximum atomic E-state index is 14.1. The number of carbonyl (C=O) groups excluding carboxylic acids is 2. The molecule has 3 aromatic heterocycles. The van der Waals surface area contributed by atoms with E-state index in [1.807, 2.05) is 0 Å². The Labute approximate surface area is 265 Å². The maximum Gasteiger partial charge on any atom is 0.276 e. The summed E-state index contributed by atoms with van der Waals surface area (Å²) < 4.78 is 61.1. The van der Waals surface area contributed by atoms with Crippen molar-refractivity contribution in [2.75, 3.05) is 0 Å². The van der Waals surface area contributed by atoms with Gasteiger partial charge in [-0.05, 0) is 61.6 Å². The number of rotatable bonds is 11. The SMILES string of the molecule is N#CC1(C(NC(=O)CC2CC(F)(F)C2)Sc2cnn3cc([C@@H](NC(=O)c4nonc4C4CC4)C4CCC(F)(F)CC4)nc3c2)CC1. The van der Waals surface area contributed by atoms with Crippen molar-refractivity contribution < 1.29 is 31.8 Å². The molecular weight excluding hydrogens is 628 g/mol. The second kappa shape index (κ2) is 11.5. The van der Waals surface area contributed by atoms with Gasteiger partial charge in [0.05, 0.1) is 41.0 Å². The first-order valence-electron chi connectivity index (χ1n) is 15.5. The van der Waals surface area contributed by atoms with Crippen LogP contribution in [-0.2, 0) is 4.79 Å². The first-order chi connectivity index (χ1) is 21.9. The monoisotopic (exact) mass is 660 g/mol. The van der Waals surface area contributed by atoms with E-state index in [0.717, 1.165) is 12.8 Å². The van der Waals surface area contributed by atoms with E-state index in [-0.39, 0.29) is 74.3 Å². The Bertz CT molecular complexity index is 1680. The molecule has 16 heteroatoms. The van der Waals surface area contributed by atoms with Gasteiger partial charge in [0.15, 0.2) is 11.3 Å². The Morgan fingerprint density at radius 1 is 1.07 bits per heavy atom. The lowest BCUT2D eigenvalue weighted by Crippen LogP contribution is -2.43. The second-order valence-electron chi connectivity index (χ2n) is 13.2. The zero-order chi connectivity index (χ0) is 32.3. The lowest BCUT2D eigenvalue weighted by Gasteiger charge is -2.35. The van der Waals surface area contributed by atoms with Crippen molar-refractivity contribution in [1.82, 2.24) is 35.5 Å². The third-order valence-electron chi connectivity index (χ3n) is 9.55. The van der Waals surface area contributed by atoms with Crippen molar-refractivity contribution in [3.8, 4) is 6.07 Å². The zero-order valence-corrected chi connectivity index (χ0v) is 25.5. The minimum Gasteiger partial charge on any atom is -0.342 e. The van der Waals surface area contributed by atoms with Crippen molar-refractivity contribution >= 4 is 29.2 Å². The molecule has 0 bridgehead atoms. The molecule has 2 amide bonds. The third kappa shape index (κ3) is 6.43. The first-order valence-corrected chi connectivity index (χ1v) is 16.4. The Balaban J connectivity index is 1.10. The molecule has 244 valence electrons. The number of imidazole rings is 1. The average molecular weight is 661 g/mol. The van der Waals surface area contributed by atoms with Gasteiger partial charge in [0.25, 0.3) is 5.91 Å². The van der Waals surface area contributed by atoms with Gasteiger partial charge in [-0.3, -0.25) is 9.59 Å². The van der Waals surface area contributed by atoms with E-state index >= 15 is 0 Å². The van der Waals surface area contributed by atoms with Crippen molar-refractivity contribution in [3.05, 3.63) is 35.5 Å². The van der Waals surface area contributed by atoms with Crippen molar-refractivity contribution in [1.29, 1.82) is 5.26 Å². The quantitative estimate of drug-likeness (QED) is 0.153. The van der Waals surface area contributed by atoms with Gasteiger partial charge >= 0.3 is 0 Å². The zero-order valence-electron chi connectivity index (χ0n) is 24.7. The molecule has 4 aliphatic carbocycles. The van der Waals surface area contributed by atoms with E-state index in [9.17, 15) is 32.4 Å². The molecule has 3 heterocycles. The fraction of sp³-hybridized carbons (Fsp3) is 0.633. The topological polar surface area (TPSA) is 151 Å². The van der Waals surface area contributed by atoms with E-state index in [1.165, 1.54) is 16.3 Å². The second-order valence-corrected chi connectivity index (χ2v) is 14.4. The number of alkyl halides is 4. The van der Waals surface area contributed by atoms with Gasteiger partial charge in [-0.15, -0.1) is 0 Å². The highest BCUT2D eigenvalue weighted by Crippen LogP contribution is 2.53. The van der Waals surface area contributed by atoms with Crippen molar-refractivity contribution in [2.45, 2.75) is 105 Å². The highest BCUT2D eigenvalue weighted by molar-refractivity contribution is 8.00. The number of amides is 2. The Hall–Kier alpha value is -3.74. The number of thioether (sulfide) groups is 1. The number of hydrogen-bond acceptors (Lipinski definition) is 9. The largest absolute Gasteiger partial charge is 0.342 e. The van der Waals surface area contributed by atoms with E-state index in [4.69, 9.17) is 9.61 Å². The predicted octanol–water partition coefficient (Wildman–Crippen LogP) is 5.56. The molecule has 11 nitrogen and oxygen atoms in total. The molecule has 2 atom stereocenters. The fourth-order valence-electron chi connectivity index (χ4n) is 6.49. The van der Waals surface area contributed by atoms with Crippen LogP contribution in [0.25, 0.3) is 5.65 Å². The normalized spacial score (nSPS) is 23.2. The molecule has 4 saturated carbocycles. The summed E-state index contributed by atoms with van der Waals surface area (Å²) in [5.74, 6) is -6.95. The maximum absolute atomic E-state index is 14.1. The lowest BCUT2D eigenvalue weighted by atomic mass is 9.79. The fourth-order valence-corrected chi connectivity index (χ4v) is 7.75. The average Bonchev–Trinajstić information content (AvgIpc) is 3.91. The van der Waals surface area contributed by atoms with E-state index in [1.54, 1.807) is 18.5 Å². The summed E-state index contributed by atoms with van der Waals surface area (Å²) in [6.45, 7) is 0. The Morgan fingerprint density at radius 2 is 1.80 bits per heavy atom. The van der Waals surface area contributed by atoms with Crippen LogP contribution in [0.5, 0.6) is 0 Å². The molecule has 0 spiro atoms. The van der Waals surface area contributed by atoms with Crippen LogP contribution in [0.2, 0.25) is 0 Å². The number of nitrogens with zero attached hydrogens (tertiary/aromatic N) is 6. The summed E-state index contributed by atoms with van der Waals surface area (Å²) in [6, 6.07) is 3.34. The summed E-state index contributed by atoms with van der Waals surface area (Å²) in [4.78, 5) is 31.5. The number of carbonyl (C=O) groups is 2. The Kier molecular flexibility index (Phi) is 7.72. The van der Waals surface area contributed by atoms with E-state index in [0.29, 0.717) is 34.8 Å². The molecule has 3 aromatic rings. The number of nitrogens with one attached hydrogen (secondary N) is 2. The lowest BCUT2D eigenvalue weighted by molar-refractivity contribution is -0.134. The van der Waals surface area contributed by atoms with Crippen LogP contribution in [0.1, 0.15) is 104 Å². The molecule has 2 N–H and O–H groups in total. The number of halogens is 4. The molecule has 4 fully saturated rings. The van der Waals surface area contributed by atoms with Gasteiger partial charge in [-0.2, -0.15) is 10.4 Å². The van der Waals surface area contributed by atoms with Gasteiger partial charge in [0.2, 0.25) is 17.8 Å². The summed E-state index contributed by atoms with van der Waals surface area (Å²) >= 11 is 1.25. The van der Waals surface area contributed by atoms with Crippen LogP contribution < -0.4 is 10.6 Å². The van der Waals surface area contributed by atoms with Gasteiger partial charge in [0.1, 0.15) is 5.69 Å². The first kappa shape index (κ1) is 30.9. The number of hydrogen-bond donors (Lipinski definition) is 2. The standard InChI is InChI=1S/C30H32F4N8O3S/c31-29(32)5-3-18(4-6-29)23(39-26(44)25-24(17-1-2-17)40-45-41-25)20-14-42-21(37-20)10-19(13-36-42)46-27(28(15-35)7-8-28)38-22(43)9-16-11-30(33,34)12-16/h10,13-14,16-18,23,27H,1-9,11-12H2,(H,38,43)(H,39,44)/t23-,27?/m0/s1. The molecule has 0 radical (unpaired) electrons. The third-order valence-corrected chi connectivity index (χ3v) is 10.9. The van der Waals surface area contributed by atoms with E-state index < -0.39 is 34.6 Å². The molecule has 46 heavy (non-hydrogen) atoms. The van der Waals surface area contributed by atoms with Crippen LogP contribution in [0, 0.1) is 28.6 Å². The number of fused-ring (bicyclic) bond motifs is 1. The molecule has 0 aromatic carbocycles. The summed E-state index contributed by atoms with van der Waals surface area (Å²) in [7, 11) is 0. The van der Waals surface area contributed by atoms with Crippen LogP contribution in [0.3, 0.4) is 0 Å². The van der Waals surface area contributed by atoms with Gasteiger partial charge in [-0.25, -0.2) is 31.7 Å². The van der Waals surface area contributed by atoms with Crippen molar-refractivity contribution in [3.63, 3.8) is 0 Å². The number of aromatic nitrogens is 5. The molecule has 4 aliphatic rings. The Morgan fingerprint density at radius 3 is 2.46 bits per heavy atom.